The van der Waals surface area contributed by atoms with E-state index in [2.05, 4.69) is 86.1 Å². The molecular formula is C47H55ClO4. The maximum atomic E-state index is 14.0. The lowest BCUT2D eigenvalue weighted by atomic mass is 9.79. The van der Waals surface area contributed by atoms with Crippen molar-refractivity contribution in [3.8, 4) is 0 Å². The summed E-state index contributed by atoms with van der Waals surface area (Å²) in [4.78, 5) is 25.6. The largest absolute Gasteiger partial charge is 0.478 e. The van der Waals surface area contributed by atoms with Crippen LogP contribution in [0.4, 0.5) is 0 Å². The van der Waals surface area contributed by atoms with Crippen LogP contribution in [0, 0.1) is 16.7 Å². The Labute approximate surface area is 316 Å². The molecule has 1 aromatic carbocycles. The van der Waals surface area contributed by atoms with E-state index in [-0.39, 0.29) is 28.1 Å². The Balaban J connectivity index is 1.95. The van der Waals surface area contributed by atoms with Crippen LogP contribution in [0.2, 0.25) is 5.02 Å². The van der Waals surface area contributed by atoms with Gasteiger partial charge in [-0.2, -0.15) is 0 Å². The van der Waals surface area contributed by atoms with E-state index in [9.17, 15) is 14.7 Å². The Bertz CT molecular complexity index is 2030. The van der Waals surface area contributed by atoms with Gasteiger partial charge in [0.1, 0.15) is 5.42 Å². The molecule has 1 aliphatic carbocycles. The molecule has 0 spiro atoms. The van der Waals surface area contributed by atoms with Gasteiger partial charge in [0.2, 0.25) is 5.78 Å². The highest BCUT2D eigenvalue weighted by atomic mass is 35.5. The van der Waals surface area contributed by atoms with Gasteiger partial charge in [-0.1, -0.05) is 140 Å². The third-order valence-electron chi connectivity index (χ3n) is 9.40. The van der Waals surface area contributed by atoms with Crippen LogP contribution >= 0.6 is 11.6 Å². The average Bonchev–Trinajstić information content (AvgIpc) is 3.82. The first kappa shape index (κ1) is 41.7. The Kier molecular flexibility index (Phi) is 14.2. The SMILES string of the molecule is C=CC(=C/C(=C)C(=O)O)/C(=C(/C)C=C)C(=C/CCC)/CCC(C)(C)C1=CC1C(=O)c1cc(=C)\c(=C(/C=C(\C=C\C)c2ccc(Cl)cc2)C(C)(C)C)o1. The zero-order valence-corrected chi connectivity index (χ0v) is 33.0. The molecule has 0 radical (unpaired) electrons. The molecule has 274 valence electrons. The number of halogens is 1. The quantitative estimate of drug-likeness (QED) is 0.0765. The molecule has 0 saturated heterocycles. The van der Waals surface area contributed by atoms with Crippen molar-refractivity contribution < 1.29 is 19.1 Å². The van der Waals surface area contributed by atoms with Gasteiger partial charge in [-0.15, -0.1) is 0 Å². The van der Waals surface area contributed by atoms with Crippen LogP contribution in [0.5, 0.6) is 0 Å². The second-order valence-electron chi connectivity index (χ2n) is 15.0. The van der Waals surface area contributed by atoms with E-state index in [1.165, 1.54) is 0 Å². The van der Waals surface area contributed by atoms with Gasteiger partial charge in [-0.25, -0.2) is 4.79 Å². The molecule has 0 saturated carbocycles. The standard InChI is InChI=1S/C47H55ClO4/c1-13-17-19-35(42(30(5)15-3)33(16-4)26-32(7)45(50)51)24-25-47(11,12)39-29-38(39)43(49)41-27-31(6)44(52-41)40(46(8,9)10)28-36(18-14-2)34-20-22-37(48)23-21-34/h14-16,18-23,26-29,38H,3-4,6-7,13,17,24-25H2,1-2,5,8-12H3,(H,50,51)/b18-14+,33-26-,35-19+,36-28+,42-30+,44-40-. The first-order valence-electron chi connectivity index (χ1n) is 17.9. The molecule has 0 bridgehead atoms. The number of Topliss-reactive ketones (excluding diaryl/α,β-unsaturated/α-hetero) is 1. The molecule has 1 unspecified atom stereocenters. The average molecular weight is 719 g/mol. The molecular weight excluding hydrogens is 664 g/mol. The van der Waals surface area contributed by atoms with Gasteiger partial charge in [-0.3, -0.25) is 4.79 Å². The number of furan rings is 1. The lowest BCUT2D eigenvalue weighted by Crippen LogP contribution is -2.26. The van der Waals surface area contributed by atoms with Gasteiger partial charge in [0.05, 0.1) is 11.5 Å². The van der Waals surface area contributed by atoms with E-state index in [1.54, 1.807) is 24.3 Å². The molecule has 5 heteroatoms. The van der Waals surface area contributed by atoms with Crippen molar-refractivity contribution in [2.45, 2.75) is 81.1 Å². The van der Waals surface area contributed by atoms with E-state index in [1.807, 2.05) is 50.3 Å². The van der Waals surface area contributed by atoms with E-state index in [0.717, 1.165) is 58.3 Å². The Morgan fingerprint density at radius 3 is 2.23 bits per heavy atom. The van der Waals surface area contributed by atoms with Crippen molar-refractivity contribution in [1.29, 1.82) is 0 Å². The Morgan fingerprint density at radius 2 is 1.69 bits per heavy atom. The number of carboxylic acids is 1. The Morgan fingerprint density at radius 1 is 1.04 bits per heavy atom. The highest BCUT2D eigenvalue weighted by molar-refractivity contribution is 6.30. The number of hydrogen-bond acceptors (Lipinski definition) is 3. The van der Waals surface area contributed by atoms with Crippen LogP contribution in [0.1, 0.15) is 97.2 Å². The minimum absolute atomic E-state index is 0.0153. The van der Waals surface area contributed by atoms with Crippen molar-refractivity contribution in [2.75, 3.05) is 0 Å². The van der Waals surface area contributed by atoms with Gasteiger partial charge >= 0.3 is 5.97 Å². The molecule has 4 nitrogen and oxygen atoms in total. The number of aliphatic carboxylic acids is 1. The van der Waals surface area contributed by atoms with Crippen molar-refractivity contribution in [1.82, 2.24) is 0 Å². The number of carbonyl (C=O) groups excluding carboxylic acids is 1. The summed E-state index contributed by atoms with van der Waals surface area (Å²) >= 11 is 6.17. The van der Waals surface area contributed by atoms with E-state index < -0.39 is 5.97 Å². The molecule has 0 amide bonds. The van der Waals surface area contributed by atoms with Crippen molar-refractivity contribution in [3.63, 3.8) is 0 Å². The molecule has 1 N–H and O–H groups in total. The van der Waals surface area contributed by atoms with Crippen LogP contribution in [-0.4, -0.2) is 16.9 Å². The summed E-state index contributed by atoms with van der Waals surface area (Å²) in [5.41, 5.74) is 7.65. The number of rotatable bonds is 17. The maximum Gasteiger partial charge on any atom is 0.335 e. The van der Waals surface area contributed by atoms with E-state index in [4.69, 9.17) is 16.0 Å². The second-order valence-corrected chi connectivity index (χ2v) is 15.4. The third-order valence-corrected chi connectivity index (χ3v) is 9.65. The number of unbranched alkanes of at least 4 members (excludes halogenated alkanes) is 1. The fraction of sp³-hybridized carbons (Fsp3) is 0.319. The minimum Gasteiger partial charge on any atom is -0.478 e. The van der Waals surface area contributed by atoms with E-state index in [0.29, 0.717) is 33.4 Å². The summed E-state index contributed by atoms with van der Waals surface area (Å²) in [5.74, 6) is -1.19. The first-order valence-corrected chi connectivity index (χ1v) is 18.3. The summed E-state index contributed by atoms with van der Waals surface area (Å²) in [6.07, 6.45) is 18.7. The third kappa shape index (κ3) is 10.4. The monoisotopic (exact) mass is 718 g/mol. The fourth-order valence-electron chi connectivity index (χ4n) is 6.24. The summed E-state index contributed by atoms with van der Waals surface area (Å²) in [5, 5.41) is 10.9. The summed E-state index contributed by atoms with van der Waals surface area (Å²) in [6.45, 7) is 32.7. The molecule has 1 aliphatic rings. The molecule has 1 heterocycles. The summed E-state index contributed by atoms with van der Waals surface area (Å²) < 4.78 is 6.40. The van der Waals surface area contributed by atoms with Crippen LogP contribution in [0.15, 0.2) is 137 Å². The predicted octanol–water partition coefficient (Wildman–Crippen LogP) is 11.7. The second kappa shape index (κ2) is 17.7. The van der Waals surface area contributed by atoms with Crippen molar-refractivity contribution in [3.05, 3.63) is 159 Å². The molecule has 2 aromatic rings. The van der Waals surface area contributed by atoms with Gasteiger partial charge in [0.15, 0.2) is 5.76 Å². The number of hydrogen-bond donors (Lipinski definition) is 1. The van der Waals surface area contributed by atoms with Gasteiger partial charge < -0.3 is 9.52 Å². The molecule has 0 aliphatic heterocycles. The topological polar surface area (TPSA) is 67.5 Å². The number of ketones is 1. The maximum absolute atomic E-state index is 14.0. The van der Waals surface area contributed by atoms with E-state index >= 15 is 0 Å². The van der Waals surface area contributed by atoms with Gasteiger partial charge in [0.25, 0.3) is 0 Å². The van der Waals surface area contributed by atoms with Gasteiger partial charge in [0, 0.05) is 15.8 Å². The van der Waals surface area contributed by atoms with Crippen LogP contribution in [0.3, 0.4) is 0 Å². The predicted molar refractivity (Wildman–Crippen MR) is 220 cm³/mol. The molecule has 1 atom stereocenters. The van der Waals surface area contributed by atoms with Crippen LogP contribution < -0.4 is 10.6 Å². The zero-order valence-electron chi connectivity index (χ0n) is 32.3. The molecule has 52 heavy (non-hydrogen) atoms. The smallest absolute Gasteiger partial charge is 0.335 e. The molecule has 1 aromatic heterocycles. The van der Waals surface area contributed by atoms with Crippen LogP contribution in [-0.2, 0) is 4.79 Å². The molecule has 0 fully saturated rings. The molecule has 3 rings (SSSR count). The highest BCUT2D eigenvalue weighted by Crippen LogP contribution is 2.48. The van der Waals surface area contributed by atoms with Crippen LogP contribution in [0.25, 0.3) is 17.7 Å². The van der Waals surface area contributed by atoms with Crippen molar-refractivity contribution >= 4 is 41.1 Å². The minimum atomic E-state index is -1.08. The number of carboxylic acid groups (broad SMARTS) is 1. The highest BCUT2D eigenvalue weighted by Gasteiger charge is 2.42. The fourth-order valence-corrected chi connectivity index (χ4v) is 6.37. The number of allylic oxidation sites excluding steroid dienone is 13. The normalized spacial score (nSPS) is 16.7. The van der Waals surface area contributed by atoms with Crippen molar-refractivity contribution in [2.24, 2.45) is 16.7 Å². The number of carbonyl (C=O) groups is 2. The Hall–Kier alpha value is -4.67. The summed E-state index contributed by atoms with van der Waals surface area (Å²) in [7, 11) is 0. The first-order chi connectivity index (χ1) is 24.4. The zero-order chi connectivity index (χ0) is 39.0. The van der Waals surface area contributed by atoms with Gasteiger partial charge in [-0.05, 0) is 108 Å². The summed E-state index contributed by atoms with van der Waals surface area (Å²) in [6, 6.07) is 9.49. The number of benzene rings is 1. The lowest BCUT2D eigenvalue weighted by Gasteiger charge is -2.25. The lowest BCUT2D eigenvalue weighted by molar-refractivity contribution is -0.132.